The first kappa shape index (κ1) is 16.2. The molecule has 0 heterocycles. The van der Waals surface area contributed by atoms with E-state index in [1.54, 1.807) is 19.1 Å². The molecule has 0 fully saturated rings. The topological polar surface area (TPSA) is 55.4 Å². The van der Waals surface area contributed by atoms with Gasteiger partial charge in [0.1, 0.15) is 0 Å². The molecule has 4 nitrogen and oxygen atoms in total. The molecule has 0 aliphatic rings. The van der Waals surface area contributed by atoms with E-state index in [0.717, 1.165) is 6.42 Å². The van der Waals surface area contributed by atoms with Crippen molar-refractivity contribution in [2.75, 3.05) is 7.11 Å². The van der Waals surface area contributed by atoms with Gasteiger partial charge in [-0.1, -0.05) is 32.0 Å². The fraction of sp³-hybridized carbons (Fsp3) is 0.500. The number of amides is 1. The van der Waals surface area contributed by atoms with E-state index in [1.165, 1.54) is 7.11 Å². The summed E-state index contributed by atoms with van der Waals surface area (Å²) in [5, 5.41) is 2.94. The molecule has 1 rings (SSSR count). The molecule has 110 valence electrons. The second-order valence-corrected chi connectivity index (χ2v) is 5.39. The van der Waals surface area contributed by atoms with Gasteiger partial charge in [0, 0.05) is 11.6 Å². The van der Waals surface area contributed by atoms with Gasteiger partial charge in [-0.05, 0) is 31.4 Å². The first-order chi connectivity index (χ1) is 9.45. The molecule has 4 heteroatoms. The Labute approximate surface area is 120 Å². The summed E-state index contributed by atoms with van der Waals surface area (Å²) in [6, 6.07) is 8.77. The fourth-order valence-electron chi connectivity index (χ4n) is 2.09. The highest BCUT2D eigenvalue weighted by Crippen LogP contribution is 2.15. The van der Waals surface area contributed by atoms with Crippen LogP contribution in [-0.2, 0) is 9.53 Å². The Kier molecular flexibility index (Phi) is 6.22. The molecule has 1 N–H and O–H groups in total. The third-order valence-electron chi connectivity index (χ3n) is 3.25. The van der Waals surface area contributed by atoms with Crippen molar-refractivity contribution in [3.05, 3.63) is 35.9 Å². The highest BCUT2D eigenvalue weighted by molar-refractivity contribution is 5.94. The molecule has 20 heavy (non-hydrogen) atoms. The standard InChI is InChI=1S/C16H23NO3/c1-11(2)10-14(12(3)16(19)20-4)17-15(18)13-8-6-5-7-9-13/h5-9,11-12,14H,10H2,1-4H3,(H,17,18)/t12-,14-/m0/s1. The van der Waals surface area contributed by atoms with Gasteiger partial charge in [0.25, 0.3) is 5.91 Å². The zero-order valence-corrected chi connectivity index (χ0v) is 12.6. The summed E-state index contributed by atoms with van der Waals surface area (Å²) in [6.07, 6.45) is 0.731. The number of hydrogen-bond donors (Lipinski definition) is 1. The minimum absolute atomic E-state index is 0.160. The van der Waals surface area contributed by atoms with E-state index in [0.29, 0.717) is 11.5 Å². The van der Waals surface area contributed by atoms with Crippen molar-refractivity contribution < 1.29 is 14.3 Å². The number of benzene rings is 1. The van der Waals surface area contributed by atoms with Crippen molar-refractivity contribution in [3.8, 4) is 0 Å². The lowest BCUT2D eigenvalue weighted by Gasteiger charge is -2.25. The number of carbonyl (C=O) groups is 2. The van der Waals surface area contributed by atoms with Crippen LogP contribution in [0.15, 0.2) is 30.3 Å². The van der Waals surface area contributed by atoms with Gasteiger partial charge in [0.05, 0.1) is 13.0 Å². The van der Waals surface area contributed by atoms with E-state index in [4.69, 9.17) is 4.74 Å². The van der Waals surface area contributed by atoms with Crippen LogP contribution in [-0.4, -0.2) is 25.0 Å². The maximum absolute atomic E-state index is 12.2. The lowest BCUT2D eigenvalue weighted by molar-refractivity contribution is -0.145. The van der Waals surface area contributed by atoms with Crippen LogP contribution in [0.25, 0.3) is 0 Å². The predicted molar refractivity (Wildman–Crippen MR) is 78.3 cm³/mol. The van der Waals surface area contributed by atoms with E-state index in [1.807, 2.05) is 18.2 Å². The van der Waals surface area contributed by atoms with Crippen molar-refractivity contribution in [3.63, 3.8) is 0 Å². The molecule has 0 radical (unpaired) electrons. The van der Waals surface area contributed by atoms with E-state index in [2.05, 4.69) is 19.2 Å². The van der Waals surface area contributed by atoms with Crippen LogP contribution >= 0.6 is 0 Å². The zero-order valence-electron chi connectivity index (χ0n) is 12.6. The van der Waals surface area contributed by atoms with Gasteiger partial charge in [-0.25, -0.2) is 0 Å². The Morgan fingerprint density at radius 1 is 1.15 bits per heavy atom. The number of ether oxygens (including phenoxy) is 1. The maximum atomic E-state index is 12.2. The first-order valence-corrected chi connectivity index (χ1v) is 6.89. The number of methoxy groups -OCH3 is 1. The van der Waals surface area contributed by atoms with Crippen molar-refractivity contribution in [2.24, 2.45) is 11.8 Å². The summed E-state index contributed by atoms with van der Waals surface area (Å²) < 4.78 is 4.77. The van der Waals surface area contributed by atoms with Crippen LogP contribution in [0.2, 0.25) is 0 Å². The van der Waals surface area contributed by atoms with Crippen molar-refractivity contribution in [1.29, 1.82) is 0 Å². The summed E-state index contributed by atoms with van der Waals surface area (Å²) in [6.45, 7) is 5.90. The van der Waals surface area contributed by atoms with Crippen LogP contribution in [0.4, 0.5) is 0 Å². The van der Waals surface area contributed by atoms with E-state index < -0.39 is 0 Å². The lowest BCUT2D eigenvalue weighted by atomic mass is 9.93. The largest absolute Gasteiger partial charge is 0.469 e. The van der Waals surface area contributed by atoms with Gasteiger partial charge in [0.2, 0.25) is 0 Å². The molecule has 0 aliphatic carbocycles. The van der Waals surface area contributed by atoms with Crippen molar-refractivity contribution in [2.45, 2.75) is 33.2 Å². The summed E-state index contributed by atoms with van der Waals surface area (Å²) in [5.74, 6) is -0.450. The number of nitrogens with one attached hydrogen (secondary N) is 1. The summed E-state index contributed by atoms with van der Waals surface area (Å²) in [4.78, 5) is 23.9. The number of rotatable bonds is 6. The Hall–Kier alpha value is -1.84. The van der Waals surface area contributed by atoms with Crippen molar-refractivity contribution >= 4 is 11.9 Å². The third kappa shape index (κ3) is 4.68. The molecule has 0 aliphatic heterocycles. The molecule has 0 saturated heterocycles. The van der Waals surface area contributed by atoms with Gasteiger partial charge in [-0.2, -0.15) is 0 Å². The monoisotopic (exact) mass is 277 g/mol. The Morgan fingerprint density at radius 3 is 2.25 bits per heavy atom. The Balaban J connectivity index is 2.79. The highest BCUT2D eigenvalue weighted by Gasteiger charge is 2.27. The predicted octanol–water partition coefficient (Wildman–Crippen LogP) is 2.64. The Bertz CT molecular complexity index is 442. The molecule has 0 spiro atoms. The van der Waals surface area contributed by atoms with Crippen LogP contribution in [0.1, 0.15) is 37.6 Å². The molecule has 1 amide bonds. The summed E-state index contributed by atoms with van der Waals surface area (Å²) in [5.41, 5.74) is 0.596. The molecular weight excluding hydrogens is 254 g/mol. The van der Waals surface area contributed by atoms with Crippen molar-refractivity contribution in [1.82, 2.24) is 5.32 Å². The normalized spacial score (nSPS) is 13.7. The second-order valence-electron chi connectivity index (χ2n) is 5.39. The van der Waals surface area contributed by atoms with Gasteiger partial charge < -0.3 is 10.1 Å². The number of esters is 1. The first-order valence-electron chi connectivity index (χ1n) is 6.89. The van der Waals surface area contributed by atoms with Crippen LogP contribution in [0.3, 0.4) is 0 Å². The minimum atomic E-state index is -0.366. The molecule has 0 aromatic heterocycles. The molecule has 1 aromatic rings. The minimum Gasteiger partial charge on any atom is -0.469 e. The molecule has 1 aromatic carbocycles. The average molecular weight is 277 g/mol. The SMILES string of the molecule is COC(=O)[C@@H](C)[C@H](CC(C)C)NC(=O)c1ccccc1. The second kappa shape index (κ2) is 7.68. The zero-order chi connectivity index (χ0) is 15.1. The van der Waals surface area contributed by atoms with Crippen LogP contribution in [0, 0.1) is 11.8 Å². The quantitative estimate of drug-likeness (QED) is 0.813. The van der Waals surface area contributed by atoms with Gasteiger partial charge in [-0.3, -0.25) is 9.59 Å². The molecule has 0 bridgehead atoms. The molecule has 2 atom stereocenters. The fourth-order valence-corrected chi connectivity index (χ4v) is 2.09. The van der Waals surface area contributed by atoms with Crippen LogP contribution in [0.5, 0.6) is 0 Å². The Morgan fingerprint density at radius 2 is 1.75 bits per heavy atom. The molecular formula is C16H23NO3. The third-order valence-corrected chi connectivity index (χ3v) is 3.25. The smallest absolute Gasteiger partial charge is 0.310 e. The maximum Gasteiger partial charge on any atom is 0.310 e. The average Bonchev–Trinajstić information content (AvgIpc) is 2.45. The van der Waals surface area contributed by atoms with E-state index >= 15 is 0 Å². The number of hydrogen-bond acceptors (Lipinski definition) is 3. The van der Waals surface area contributed by atoms with Crippen LogP contribution < -0.4 is 5.32 Å². The van der Waals surface area contributed by atoms with Gasteiger partial charge in [-0.15, -0.1) is 0 Å². The molecule has 0 saturated carbocycles. The summed E-state index contributed by atoms with van der Waals surface area (Å²) >= 11 is 0. The molecule has 0 unspecified atom stereocenters. The van der Waals surface area contributed by atoms with E-state index in [-0.39, 0.29) is 23.8 Å². The lowest BCUT2D eigenvalue weighted by Crippen LogP contribution is -2.43. The van der Waals surface area contributed by atoms with Gasteiger partial charge >= 0.3 is 5.97 Å². The van der Waals surface area contributed by atoms with E-state index in [9.17, 15) is 9.59 Å². The summed E-state index contributed by atoms with van der Waals surface area (Å²) in [7, 11) is 1.37. The highest BCUT2D eigenvalue weighted by atomic mass is 16.5. The number of carbonyl (C=O) groups excluding carboxylic acids is 2. The van der Waals surface area contributed by atoms with Gasteiger partial charge in [0.15, 0.2) is 0 Å².